The van der Waals surface area contributed by atoms with Gasteiger partial charge in [0.25, 0.3) is 5.91 Å². The van der Waals surface area contributed by atoms with E-state index in [9.17, 15) is 4.79 Å². The number of amides is 1. The van der Waals surface area contributed by atoms with Gasteiger partial charge in [0.05, 0.1) is 6.54 Å². The highest BCUT2D eigenvalue weighted by molar-refractivity contribution is 7.07. The number of nitrogens with zero attached hydrogens (tertiary/aromatic N) is 1. The number of guanidine groups is 1. The molecule has 5 nitrogen and oxygen atoms in total. The van der Waals surface area contributed by atoms with Crippen LogP contribution in [0.2, 0.25) is 0 Å². The van der Waals surface area contributed by atoms with Gasteiger partial charge in [0.2, 0.25) is 0 Å². The first-order valence-corrected chi connectivity index (χ1v) is 9.43. The summed E-state index contributed by atoms with van der Waals surface area (Å²) in [6.07, 6.45) is 0. The predicted octanol–water partition coefficient (Wildman–Crippen LogP) is 2.97. The molecule has 1 aromatic heterocycles. The lowest BCUT2D eigenvalue weighted by atomic mass is 10.1. The van der Waals surface area contributed by atoms with Crippen molar-refractivity contribution in [2.75, 3.05) is 20.1 Å². The molecule has 6 heteroatoms. The summed E-state index contributed by atoms with van der Waals surface area (Å²) in [6.45, 7) is 6.39. The number of nitrogens with one attached hydrogen (secondary N) is 3. The van der Waals surface area contributed by atoms with Gasteiger partial charge in [-0.05, 0) is 52.9 Å². The van der Waals surface area contributed by atoms with Gasteiger partial charge in [-0.1, -0.05) is 19.1 Å². The topological polar surface area (TPSA) is 65.5 Å². The fourth-order valence-corrected chi connectivity index (χ4v) is 3.17. The van der Waals surface area contributed by atoms with E-state index in [-0.39, 0.29) is 5.91 Å². The number of thiophene rings is 1. The number of carbonyl (C=O) groups is 1. The van der Waals surface area contributed by atoms with E-state index in [4.69, 9.17) is 0 Å². The highest BCUT2D eigenvalue weighted by atomic mass is 32.1. The van der Waals surface area contributed by atoms with Crippen molar-refractivity contribution in [3.05, 3.63) is 57.8 Å². The molecular weight excluding hydrogens is 332 g/mol. The van der Waals surface area contributed by atoms with Gasteiger partial charge < -0.3 is 16.0 Å². The summed E-state index contributed by atoms with van der Waals surface area (Å²) in [6, 6.07) is 9.70. The second-order valence-corrected chi connectivity index (χ2v) is 6.59. The van der Waals surface area contributed by atoms with E-state index < -0.39 is 0 Å². The second kappa shape index (κ2) is 9.84. The Morgan fingerprint density at radius 2 is 2.12 bits per heavy atom. The number of hydrogen-bond donors (Lipinski definition) is 3. The van der Waals surface area contributed by atoms with Gasteiger partial charge in [0.15, 0.2) is 5.96 Å². The smallest absolute Gasteiger partial charge is 0.251 e. The third kappa shape index (κ3) is 5.90. The molecule has 1 atom stereocenters. The maximum atomic E-state index is 11.7. The summed E-state index contributed by atoms with van der Waals surface area (Å²) >= 11 is 1.72. The van der Waals surface area contributed by atoms with E-state index in [1.807, 2.05) is 25.1 Å². The lowest BCUT2D eigenvalue weighted by Crippen LogP contribution is -2.39. The molecule has 1 aromatic carbocycles. The number of aliphatic imine (C=N–C) groups is 1. The lowest BCUT2D eigenvalue weighted by Gasteiger charge is -2.15. The van der Waals surface area contributed by atoms with Gasteiger partial charge in [-0.3, -0.25) is 4.79 Å². The second-order valence-electron chi connectivity index (χ2n) is 5.81. The Balaban J connectivity index is 1.98. The van der Waals surface area contributed by atoms with Crippen LogP contribution < -0.4 is 16.0 Å². The SMILES string of the molecule is CCNC(=NCc1cccc(C(=O)NC)c1)NCC(C)c1ccsc1. The van der Waals surface area contributed by atoms with E-state index in [2.05, 4.69) is 44.7 Å². The monoisotopic (exact) mass is 358 g/mol. The third-order valence-electron chi connectivity index (χ3n) is 3.87. The average molecular weight is 359 g/mol. The van der Waals surface area contributed by atoms with E-state index >= 15 is 0 Å². The van der Waals surface area contributed by atoms with Gasteiger partial charge in [0.1, 0.15) is 0 Å². The highest BCUT2D eigenvalue weighted by Gasteiger charge is 2.07. The Hall–Kier alpha value is -2.34. The summed E-state index contributed by atoms with van der Waals surface area (Å²) in [5, 5.41) is 13.6. The molecule has 3 N–H and O–H groups in total. The Morgan fingerprint density at radius 1 is 1.28 bits per heavy atom. The number of benzene rings is 1. The van der Waals surface area contributed by atoms with Crippen LogP contribution >= 0.6 is 11.3 Å². The van der Waals surface area contributed by atoms with Gasteiger partial charge in [-0.2, -0.15) is 11.3 Å². The maximum absolute atomic E-state index is 11.7. The van der Waals surface area contributed by atoms with Crippen molar-refractivity contribution >= 4 is 23.2 Å². The first-order chi connectivity index (χ1) is 12.1. The lowest BCUT2D eigenvalue weighted by molar-refractivity contribution is 0.0963. The maximum Gasteiger partial charge on any atom is 0.251 e. The van der Waals surface area contributed by atoms with Crippen LogP contribution in [0.4, 0.5) is 0 Å². The average Bonchev–Trinajstić information content (AvgIpc) is 3.18. The zero-order chi connectivity index (χ0) is 18.1. The normalized spacial score (nSPS) is 12.5. The van der Waals surface area contributed by atoms with Crippen LogP contribution in [0.15, 0.2) is 46.1 Å². The predicted molar refractivity (Wildman–Crippen MR) is 105 cm³/mol. The zero-order valence-corrected chi connectivity index (χ0v) is 15.8. The number of carbonyl (C=O) groups excluding carboxylic acids is 1. The van der Waals surface area contributed by atoms with E-state index in [1.54, 1.807) is 24.5 Å². The van der Waals surface area contributed by atoms with Crippen LogP contribution in [0.5, 0.6) is 0 Å². The molecular formula is C19H26N4OS. The van der Waals surface area contributed by atoms with Crippen LogP contribution in [0.25, 0.3) is 0 Å². The number of hydrogen-bond acceptors (Lipinski definition) is 3. The van der Waals surface area contributed by atoms with Crippen molar-refractivity contribution in [3.63, 3.8) is 0 Å². The Morgan fingerprint density at radius 3 is 2.80 bits per heavy atom. The number of rotatable bonds is 7. The largest absolute Gasteiger partial charge is 0.357 e. The van der Waals surface area contributed by atoms with Crippen molar-refractivity contribution in [1.29, 1.82) is 0 Å². The van der Waals surface area contributed by atoms with Crippen molar-refractivity contribution in [1.82, 2.24) is 16.0 Å². The Kier molecular flexibility index (Phi) is 7.47. The van der Waals surface area contributed by atoms with Crippen molar-refractivity contribution in [2.45, 2.75) is 26.3 Å². The molecule has 0 bridgehead atoms. The molecule has 0 fully saturated rings. The van der Waals surface area contributed by atoms with Crippen molar-refractivity contribution in [3.8, 4) is 0 Å². The summed E-state index contributed by atoms with van der Waals surface area (Å²) in [5.74, 6) is 1.13. The minimum atomic E-state index is -0.0829. The van der Waals surface area contributed by atoms with Gasteiger partial charge in [-0.25, -0.2) is 4.99 Å². The van der Waals surface area contributed by atoms with Gasteiger partial charge >= 0.3 is 0 Å². The first-order valence-electron chi connectivity index (χ1n) is 8.49. The molecule has 0 aliphatic heterocycles. The molecule has 1 heterocycles. The summed E-state index contributed by atoms with van der Waals surface area (Å²) in [5.41, 5.74) is 3.00. The van der Waals surface area contributed by atoms with Crippen LogP contribution in [-0.4, -0.2) is 32.0 Å². The Labute approximate surface area is 153 Å². The Bertz CT molecular complexity index is 697. The molecule has 0 aliphatic rings. The molecule has 0 saturated carbocycles. The highest BCUT2D eigenvalue weighted by Crippen LogP contribution is 2.17. The van der Waals surface area contributed by atoms with Crippen LogP contribution in [0, 0.1) is 0 Å². The first kappa shape index (κ1) is 19.0. The summed E-state index contributed by atoms with van der Waals surface area (Å²) in [4.78, 5) is 16.4. The molecule has 1 unspecified atom stereocenters. The van der Waals surface area contributed by atoms with Crippen LogP contribution in [0.1, 0.15) is 41.3 Å². The fourth-order valence-electron chi connectivity index (χ4n) is 2.39. The quantitative estimate of drug-likeness (QED) is 0.527. The summed E-state index contributed by atoms with van der Waals surface area (Å²) < 4.78 is 0. The van der Waals surface area contributed by atoms with Crippen LogP contribution in [0.3, 0.4) is 0 Å². The molecule has 0 saturated heterocycles. The van der Waals surface area contributed by atoms with E-state index in [0.717, 1.165) is 24.6 Å². The minimum absolute atomic E-state index is 0.0829. The van der Waals surface area contributed by atoms with Gasteiger partial charge in [0, 0.05) is 25.7 Å². The molecule has 1 amide bonds. The fraction of sp³-hybridized carbons (Fsp3) is 0.368. The molecule has 0 spiro atoms. The van der Waals surface area contributed by atoms with Crippen LogP contribution in [-0.2, 0) is 6.54 Å². The molecule has 2 aromatic rings. The molecule has 134 valence electrons. The summed E-state index contributed by atoms with van der Waals surface area (Å²) in [7, 11) is 1.63. The third-order valence-corrected chi connectivity index (χ3v) is 4.57. The van der Waals surface area contributed by atoms with E-state index in [0.29, 0.717) is 18.0 Å². The van der Waals surface area contributed by atoms with E-state index in [1.165, 1.54) is 5.56 Å². The van der Waals surface area contributed by atoms with Gasteiger partial charge in [-0.15, -0.1) is 0 Å². The van der Waals surface area contributed by atoms with Crippen molar-refractivity contribution < 1.29 is 4.79 Å². The molecule has 25 heavy (non-hydrogen) atoms. The molecule has 0 aliphatic carbocycles. The molecule has 0 radical (unpaired) electrons. The standard InChI is InChI=1S/C19H26N4OS/c1-4-21-19(22-11-14(2)17-8-9-25-13-17)23-12-15-6-5-7-16(10-15)18(24)20-3/h5-10,13-14H,4,11-12H2,1-3H3,(H,20,24)(H2,21,22,23). The van der Waals surface area contributed by atoms with Crippen molar-refractivity contribution in [2.24, 2.45) is 4.99 Å². The minimum Gasteiger partial charge on any atom is -0.357 e. The zero-order valence-electron chi connectivity index (χ0n) is 15.0. The molecule has 2 rings (SSSR count).